The third-order valence-electron chi connectivity index (χ3n) is 3.32. The zero-order valence-corrected chi connectivity index (χ0v) is 15.0. The number of aromatic nitrogens is 1. The van der Waals surface area contributed by atoms with Crippen molar-refractivity contribution in [3.63, 3.8) is 0 Å². The Morgan fingerprint density at radius 3 is 2.62 bits per heavy atom. The van der Waals surface area contributed by atoms with Gasteiger partial charge in [0, 0.05) is 23.4 Å². The Hall–Kier alpha value is -1.11. The number of hydrogen-bond donors (Lipinski definition) is 1. The molecule has 1 aromatic carbocycles. The first kappa shape index (κ1) is 16.3. The molecule has 6 heteroatoms. The van der Waals surface area contributed by atoms with Crippen molar-refractivity contribution in [1.29, 1.82) is 0 Å². The van der Waals surface area contributed by atoms with Crippen LogP contribution in [0.3, 0.4) is 0 Å². The number of methoxy groups -OCH3 is 2. The fraction of sp³-hybridized carbons (Fsp3) is 0.400. The molecule has 0 bridgehead atoms. The highest BCUT2D eigenvalue weighted by Gasteiger charge is 2.20. The first-order valence-corrected chi connectivity index (χ1v) is 8.26. The highest BCUT2D eigenvalue weighted by molar-refractivity contribution is 9.10. The minimum absolute atomic E-state index is 0.128. The van der Waals surface area contributed by atoms with Gasteiger partial charge in [-0.25, -0.2) is 4.98 Å². The van der Waals surface area contributed by atoms with E-state index in [1.807, 2.05) is 26.1 Å². The molecule has 0 aliphatic rings. The maximum atomic E-state index is 5.56. The lowest BCUT2D eigenvalue weighted by Gasteiger charge is -2.20. The van der Waals surface area contributed by atoms with Crippen LogP contribution >= 0.6 is 27.3 Å². The number of thiazole rings is 1. The lowest BCUT2D eigenvalue weighted by Crippen LogP contribution is -2.20. The number of halogens is 1. The second kappa shape index (κ2) is 7.24. The Kier molecular flexibility index (Phi) is 5.61. The third-order valence-corrected chi connectivity index (χ3v) is 4.89. The number of aryl methyl sites for hydroxylation is 1. The Morgan fingerprint density at radius 1 is 1.33 bits per heavy atom. The van der Waals surface area contributed by atoms with Gasteiger partial charge >= 0.3 is 0 Å². The van der Waals surface area contributed by atoms with Crippen LogP contribution in [0.4, 0.5) is 0 Å². The smallest absolute Gasteiger partial charge is 0.141 e. The highest BCUT2D eigenvalue weighted by Crippen LogP contribution is 2.40. The molecule has 0 aliphatic carbocycles. The summed E-state index contributed by atoms with van der Waals surface area (Å²) in [5.41, 5.74) is 2.17. The molecule has 0 amide bonds. The minimum atomic E-state index is 0.128. The maximum absolute atomic E-state index is 5.56. The van der Waals surface area contributed by atoms with Gasteiger partial charge in [-0.3, -0.25) is 0 Å². The predicted octanol–water partition coefficient (Wildman–Crippen LogP) is 3.73. The van der Waals surface area contributed by atoms with Gasteiger partial charge in [-0.2, -0.15) is 0 Å². The van der Waals surface area contributed by atoms with Crippen molar-refractivity contribution in [1.82, 2.24) is 10.3 Å². The molecule has 21 heavy (non-hydrogen) atoms. The van der Waals surface area contributed by atoms with Gasteiger partial charge in [-0.1, -0.05) is 0 Å². The maximum Gasteiger partial charge on any atom is 0.141 e. The quantitative estimate of drug-likeness (QED) is 0.840. The van der Waals surface area contributed by atoms with E-state index in [-0.39, 0.29) is 6.04 Å². The van der Waals surface area contributed by atoms with E-state index in [9.17, 15) is 0 Å². The van der Waals surface area contributed by atoms with E-state index in [0.717, 1.165) is 38.7 Å². The lowest BCUT2D eigenvalue weighted by molar-refractivity contribution is 0.380. The number of ether oxygens (including phenoxy) is 2. The van der Waals surface area contributed by atoms with Crippen LogP contribution in [0.25, 0.3) is 0 Å². The molecule has 1 unspecified atom stereocenters. The van der Waals surface area contributed by atoms with Gasteiger partial charge in [0.2, 0.25) is 0 Å². The monoisotopic (exact) mass is 370 g/mol. The number of nitrogens with one attached hydrogen (secondary N) is 1. The Balaban J connectivity index is 2.35. The average molecular weight is 371 g/mol. The topological polar surface area (TPSA) is 43.4 Å². The van der Waals surface area contributed by atoms with Crippen LogP contribution in [0, 0.1) is 6.92 Å². The molecule has 2 rings (SSSR count). The zero-order valence-electron chi connectivity index (χ0n) is 12.6. The first-order valence-electron chi connectivity index (χ1n) is 6.59. The van der Waals surface area contributed by atoms with E-state index in [4.69, 9.17) is 9.47 Å². The standard InChI is InChI=1S/C15H19BrN2O2S/c1-9-18-10(8-21-9)7-12(17-2)11-5-6-13(19-3)14(16)15(11)20-4/h5-6,8,12,17H,7H2,1-4H3. The summed E-state index contributed by atoms with van der Waals surface area (Å²) >= 11 is 5.22. The molecule has 0 saturated heterocycles. The van der Waals surface area contributed by atoms with Gasteiger partial charge < -0.3 is 14.8 Å². The number of benzene rings is 1. The number of nitrogens with zero attached hydrogens (tertiary/aromatic N) is 1. The largest absolute Gasteiger partial charge is 0.495 e. The minimum Gasteiger partial charge on any atom is -0.495 e. The van der Waals surface area contributed by atoms with Crippen LogP contribution in [0.1, 0.15) is 22.3 Å². The van der Waals surface area contributed by atoms with Crippen molar-refractivity contribution >= 4 is 27.3 Å². The van der Waals surface area contributed by atoms with E-state index < -0.39 is 0 Å². The van der Waals surface area contributed by atoms with Crippen molar-refractivity contribution < 1.29 is 9.47 Å². The second-order valence-corrected chi connectivity index (χ2v) is 6.46. The summed E-state index contributed by atoms with van der Waals surface area (Å²) in [4.78, 5) is 4.54. The fourth-order valence-electron chi connectivity index (χ4n) is 2.27. The summed E-state index contributed by atoms with van der Waals surface area (Å²) in [6, 6.07) is 4.10. The van der Waals surface area contributed by atoms with Crippen LogP contribution in [-0.4, -0.2) is 26.3 Å². The number of hydrogen-bond acceptors (Lipinski definition) is 5. The van der Waals surface area contributed by atoms with Crippen LogP contribution in [0.2, 0.25) is 0 Å². The summed E-state index contributed by atoms with van der Waals surface area (Å²) < 4.78 is 11.7. The van der Waals surface area contributed by atoms with Crippen LogP contribution in [-0.2, 0) is 6.42 Å². The highest BCUT2D eigenvalue weighted by atomic mass is 79.9. The molecule has 1 aromatic heterocycles. The third kappa shape index (κ3) is 3.56. The second-order valence-electron chi connectivity index (χ2n) is 4.61. The van der Waals surface area contributed by atoms with E-state index in [2.05, 4.69) is 31.6 Å². The molecule has 2 aromatic rings. The zero-order chi connectivity index (χ0) is 15.4. The van der Waals surface area contributed by atoms with Crippen LogP contribution in [0.5, 0.6) is 11.5 Å². The molecule has 1 N–H and O–H groups in total. The summed E-state index contributed by atoms with van der Waals surface area (Å²) in [5, 5.41) is 6.53. The van der Waals surface area contributed by atoms with Crippen molar-refractivity contribution in [2.75, 3.05) is 21.3 Å². The van der Waals surface area contributed by atoms with Crippen molar-refractivity contribution in [2.45, 2.75) is 19.4 Å². The number of rotatable bonds is 6. The molecular weight excluding hydrogens is 352 g/mol. The van der Waals surface area contributed by atoms with Crippen LogP contribution in [0.15, 0.2) is 22.0 Å². The summed E-state index contributed by atoms with van der Waals surface area (Å²) in [5.74, 6) is 1.55. The molecule has 0 aliphatic heterocycles. The Labute approximate surface area is 137 Å². The Bertz CT molecular complexity index is 616. The molecule has 1 heterocycles. The molecule has 0 fully saturated rings. The molecule has 4 nitrogen and oxygen atoms in total. The average Bonchev–Trinajstić information content (AvgIpc) is 2.89. The van der Waals surface area contributed by atoms with Gasteiger partial charge in [0.05, 0.1) is 24.9 Å². The van der Waals surface area contributed by atoms with Gasteiger partial charge in [0.25, 0.3) is 0 Å². The SMILES string of the molecule is CNC(Cc1csc(C)n1)c1ccc(OC)c(Br)c1OC. The van der Waals surface area contributed by atoms with E-state index in [0.29, 0.717) is 0 Å². The molecule has 1 atom stereocenters. The summed E-state index contributed by atoms with van der Waals surface area (Å²) in [6.07, 6.45) is 0.815. The molecule has 0 spiro atoms. The van der Waals surface area contributed by atoms with Crippen molar-refractivity contribution in [3.05, 3.63) is 38.3 Å². The summed E-state index contributed by atoms with van der Waals surface area (Å²) in [7, 11) is 5.26. The lowest BCUT2D eigenvalue weighted by atomic mass is 10.0. The van der Waals surface area contributed by atoms with Gasteiger partial charge in [-0.05, 0) is 42.0 Å². The van der Waals surface area contributed by atoms with Crippen LogP contribution < -0.4 is 14.8 Å². The molecular formula is C15H19BrN2O2S. The van der Waals surface area contributed by atoms with Gasteiger partial charge in [0.1, 0.15) is 16.0 Å². The first-order chi connectivity index (χ1) is 10.1. The number of likely N-dealkylation sites (N-methyl/N-ethyl adjacent to an activating group) is 1. The van der Waals surface area contributed by atoms with Crippen molar-refractivity contribution in [3.8, 4) is 11.5 Å². The van der Waals surface area contributed by atoms with E-state index in [1.165, 1.54) is 0 Å². The molecule has 114 valence electrons. The normalized spacial score (nSPS) is 12.2. The molecule has 0 saturated carbocycles. The molecule has 0 radical (unpaired) electrons. The Morgan fingerprint density at radius 2 is 2.10 bits per heavy atom. The van der Waals surface area contributed by atoms with Crippen molar-refractivity contribution in [2.24, 2.45) is 0 Å². The van der Waals surface area contributed by atoms with E-state index in [1.54, 1.807) is 25.6 Å². The van der Waals surface area contributed by atoms with E-state index >= 15 is 0 Å². The predicted molar refractivity (Wildman–Crippen MR) is 89.6 cm³/mol. The summed E-state index contributed by atoms with van der Waals surface area (Å²) in [6.45, 7) is 2.02. The van der Waals surface area contributed by atoms with Gasteiger partial charge in [0.15, 0.2) is 0 Å². The van der Waals surface area contributed by atoms with Gasteiger partial charge in [-0.15, -0.1) is 11.3 Å². The fourth-order valence-corrected chi connectivity index (χ4v) is 3.58.